The molecule has 1 aliphatic heterocycles. The maximum absolute atomic E-state index is 11.2. The summed E-state index contributed by atoms with van der Waals surface area (Å²) in [5.41, 5.74) is 1.07. The van der Waals surface area contributed by atoms with Gasteiger partial charge in [0, 0.05) is 4.75 Å². The van der Waals surface area contributed by atoms with Gasteiger partial charge in [-0.15, -0.1) is 11.8 Å². The van der Waals surface area contributed by atoms with Gasteiger partial charge in [-0.1, -0.05) is 12.1 Å². The zero-order valence-electron chi connectivity index (χ0n) is 10.6. The van der Waals surface area contributed by atoms with Crippen LogP contribution in [0.2, 0.25) is 0 Å². The molecular formula is C13H17NO3S. The van der Waals surface area contributed by atoms with Crippen LogP contribution in [0.1, 0.15) is 24.8 Å². The van der Waals surface area contributed by atoms with Gasteiger partial charge in [0.25, 0.3) is 0 Å². The van der Waals surface area contributed by atoms with Crippen LogP contribution in [0, 0.1) is 0 Å². The first-order valence-corrected chi connectivity index (χ1v) is 6.62. The van der Waals surface area contributed by atoms with E-state index >= 15 is 0 Å². The van der Waals surface area contributed by atoms with Gasteiger partial charge < -0.3 is 9.84 Å². The summed E-state index contributed by atoms with van der Waals surface area (Å²) in [4.78, 5) is 11.2. The highest BCUT2D eigenvalue weighted by Gasteiger charge is 2.45. The van der Waals surface area contributed by atoms with Gasteiger partial charge in [-0.25, -0.2) is 0 Å². The summed E-state index contributed by atoms with van der Waals surface area (Å²) in [5, 5.41) is 12.4. The van der Waals surface area contributed by atoms with Gasteiger partial charge in [-0.2, -0.15) is 0 Å². The Morgan fingerprint density at radius 2 is 2.00 bits per heavy atom. The van der Waals surface area contributed by atoms with Crippen LogP contribution in [0.3, 0.4) is 0 Å². The normalized spacial score (nSPS) is 25.9. The lowest BCUT2D eigenvalue weighted by Crippen LogP contribution is -2.43. The number of carboxylic acid groups (broad SMARTS) is 1. The molecule has 4 nitrogen and oxygen atoms in total. The Morgan fingerprint density at radius 1 is 1.39 bits per heavy atom. The molecule has 1 aliphatic rings. The third-order valence-corrected chi connectivity index (χ3v) is 4.59. The van der Waals surface area contributed by atoms with E-state index in [1.165, 1.54) is 0 Å². The summed E-state index contributed by atoms with van der Waals surface area (Å²) in [6.07, 6.45) is 0. The molecule has 1 aromatic rings. The minimum Gasteiger partial charge on any atom is -0.497 e. The number of aliphatic carboxylic acids is 1. The van der Waals surface area contributed by atoms with Crippen molar-refractivity contribution in [3.05, 3.63) is 29.8 Å². The van der Waals surface area contributed by atoms with Crippen molar-refractivity contribution in [1.82, 2.24) is 5.32 Å². The van der Waals surface area contributed by atoms with Crippen molar-refractivity contribution in [2.75, 3.05) is 7.11 Å². The zero-order chi connectivity index (χ0) is 13.3. The van der Waals surface area contributed by atoms with Gasteiger partial charge in [0.05, 0.1) is 12.5 Å². The molecule has 18 heavy (non-hydrogen) atoms. The molecule has 1 aromatic carbocycles. The molecule has 5 heteroatoms. The zero-order valence-corrected chi connectivity index (χ0v) is 11.5. The molecule has 0 aliphatic carbocycles. The first-order valence-electron chi connectivity index (χ1n) is 5.74. The van der Waals surface area contributed by atoms with Crippen LogP contribution < -0.4 is 10.1 Å². The fraction of sp³-hybridized carbons (Fsp3) is 0.462. The molecule has 2 rings (SSSR count). The van der Waals surface area contributed by atoms with E-state index in [-0.39, 0.29) is 10.1 Å². The summed E-state index contributed by atoms with van der Waals surface area (Å²) in [5.74, 6) is -0.000645. The van der Waals surface area contributed by atoms with E-state index in [4.69, 9.17) is 4.74 Å². The molecule has 2 N–H and O–H groups in total. The van der Waals surface area contributed by atoms with Gasteiger partial charge in [0.15, 0.2) is 0 Å². The monoisotopic (exact) mass is 267 g/mol. The van der Waals surface area contributed by atoms with Gasteiger partial charge in [-0.05, 0) is 31.5 Å². The van der Waals surface area contributed by atoms with Crippen molar-refractivity contribution in [3.63, 3.8) is 0 Å². The predicted octanol–water partition coefficient (Wildman–Crippen LogP) is 2.26. The largest absolute Gasteiger partial charge is 0.497 e. The van der Waals surface area contributed by atoms with Crippen molar-refractivity contribution in [1.29, 1.82) is 0 Å². The molecule has 0 bridgehead atoms. The Balaban J connectivity index is 2.18. The van der Waals surface area contributed by atoms with E-state index in [0.717, 1.165) is 11.3 Å². The van der Waals surface area contributed by atoms with E-state index in [9.17, 15) is 9.90 Å². The highest BCUT2D eigenvalue weighted by Crippen LogP contribution is 2.45. The van der Waals surface area contributed by atoms with Crippen LogP contribution >= 0.6 is 11.8 Å². The Morgan fingerprint density at radius 3 is 2.44 bits per heavy atom. The number of hydrogen-bond acceptors (Lipinski definition) is 4. The van der Waals surface area contributed by atoms with Crippen molar-refractivity contribution in [2.45, 2.75) is 30.0 Å². The topological polar surface area (TPSA) is 58.6 Å². The molecule has 1 saturated heterocycles. The molecule has 0 aromatic heterocycles. The number of methoxy groups -OCH3 is 1. The number of thioether (sulfide) groups is 1. The standard InChI is InChI=1S/C13H17NO3S/c1-13(2)10(12(15)16)14-11(18-13)8-4-6-9(17-3)7-5-8/h4-7,10-11,14H,1-3H3,(H,15,16). The Hall–Kier alpha value is -1.20. The second kappa shape index (κ2) is 4.82. The summed E-state index contributed by atoms with van der Waals surface area (Å²) in [6, 6.07) is 7.17. The van der Waals surface area contributed by atoms with E-state index in [1.54, 1.807) is 18.9 Å². The first kappa shape index (κ1) is 13.2. The van der Waals surface area contributed by atoms with Gasteiger partial charge in [0.1, 0.15) is 11.8 Å². The predicted molar refractivity (Wildman–Crippen MR) is 72.0 cm³/mol. The lowest BCUT2D eigenvalue weighted by molar-refractivity contribution is -0.139. The van der Waals surface area contributed by atoms with Crippen LogP contribution in [0.15, 0.2) is 24.3 Å². The van der Waals surface area contributed by atoms with Gasteiger partial charge in [-0.3, -0.25) is 10.1 Å². The van der Waals surface area contributed by atoms with Gasteiger partial charge in [0.2, 0.25) is 0 Å². The minimum absolute atomic E-state index is 0.00649. The maximum atomic E-state index is 11.2. The number of rotatable bonds is 3. The SMILES string of the molecule is COc1ccc(C2NC(C(=O)O)C(C)(C)S2)cc1. The molecule has 0 radical (unpaired) electrons. The quantitative estimate of drug-likeness (QED) is 0.879. The molecule has 1 fully saturated rings. The maximum Gasteiger partial charge on any atom is 0.322 e. The van der Waals surface area contributed by atoms with E-state index in [0.29, 0.717) is 0 Å². The van der Waals surface area contributed by atoms with Crippen molar-refractivity contribution >= 4 is 17.7 Å². The number of carbonyl (C=O) groups is 1. The van der Waals surface area contributed by atoms with Crippen LogP contribution in [-0.4, -0.2) is 29.0 Å². The summed E-state index contributed by atoms with van der Waals surface area (Å²) >= 11 is 1.64. The van der Waals surface area contributed by atoms with Crippen LogP contribution in [0.5, 0.6) is 5.75 Å². The number of benzene rings is 1. The second-order valence-corrected chi connectivity index (χ2v) is 6.57. The van der Waals surface area contributed by atoms with E-state index in [2.05, 4.69) is 5.32 Å². The van der Waals surface area contributed by atoms with Crippen LogP contribution in [0.4, 0.5) is 0 Å². The average Bonchev–Trinajstić information content (AvgIpc) is 2.65. The number of carboxylic acids is 1. The molecule has 98 valence electrons. The molecule has 0 saturated carbocycles. The molecule has 1 heterocycles. The summed E-state index contributed by atoms with van der Waals surface area (Å²) in [6.45, 7) is 3.90. The van der Waals surface area contributed by atoms with Crippen LogP contribution in [0.25, 0.3) is 0 Å². The Labute approximate surface area is 111 Å². The van der Waals surface area contributed by atoms with Crippen molar-refractivity contribution in [3.8, 4) is 5.75 Å². The molecule has 2 atom stereocenters. The number of hydrogen-bond donors (Lipinski definition) is 2. The third kappa shape index (κ3) is 2.47. The highest BCUT2D eigenvalue weighted by atomic mass is 32.2. The fourth-order valence-electron chi connectivity index (χ4n) is 2.07. The van der Waals surface area contributed by atoms with Crippen molar-refractivity contribution in [2.24, 2.45) is 0 Å². The number of ether oxygens (including phenoxy) is 1. The first-order chi connectivity index (χ1) is 8.44. The number of nitrogens with one attached hydrogen (secondary N) is 1. The summed E-state index contributed by atoms with van der Waals surface area (Å²) in [7, 11) is 1.63. The molecule has 0 spiro atoms. The smallest absolute Gasteiger partial charge is 0.322 e. The minimum atomic E-state index is -0.802. The fourth-order valence-corrected chi connectivity index (χ4v) is 3.48. The second-order valence-electron chi connectivity index (χ2n) is 4.81. The molecular weight excluding hydrogens is 250 g/mol. The third-order valence-electron chi connectivity index (χ3n) is 3.10. The van der Waals surface area contributed by atoms with Crippen molar-refractivity contribution < 1.29 is 14.6 Å². The molecule has 2 unspecified atom stereocenters. The lowest BCUT2D eigenvalue weighted by atomic mass is 10.0. The van der Waals surface area contributed by atoms with E-state index < -0.39 is 12.0 Å². The van der Waals surface area contributed by atoms with Gasteiger partial charge >= 0.3 is 5.97 Å². The summed E-state index contributed by atoms with van der Waals surface area (Å²) < 4.78 is 4.79. The Kier molecular flexibility index (Phi) is 3.54. The highest BCUT2D eigenvalue weighted by molar-refractivity contribution is 8.01. The van der Waals surface area contributed by atoms with E-state index in [1.807, 2.05) is 38.1 Å². The Bertz CT molecular complexity index is 444. The molecule has 0 amide bonds. The average molecular weight is 267 g/mol. The van der Waals surface area contributed by atoms with Crippen LogP contribution in [-0.2, 0) is 4.79 Å². The lowest BCUT2D eigenvalue weighted by Gasteiger charge is -2.20.